The Hall–Kier alpha value is -0.910. The van der Waals surface area contributed by atoms with Gasteiger partial charge in [0.25, 0.3) is 0 Å². The van der Waals surface area contributed by atoms with Crippen LogP contribution in [0.1, 0.15) is 19.4 Å². The van der Waals surface area contributed by atoms with Gasteiger partial charge in [-0.25, -0.2) is 8.42 Å². The van der Waals surface area contributed by atoms with Crippen LogP contribution >= 0.6 is 0 Å². The van der Waals surface area contributed by atoms with Crippen LogP contribution in [-0.4, -0.2) is 38.4 Å². The third kappa shape index (κ3) is 2.18. The van der Waals surface area contributed by atoms with Gasteiger partial charge in [0.2, 0.25) is 10.0 Å². The van der Waals surface area contributed by atoms with Crippen LogP contribution in [0.5, 0.6) is 0 Å². The Labute approximate surface area is 121 Å². The Kier molecular flexibility index (Phi) is 3.60. The summed E-state index contributed by atoms with van der Waals surface area (Å²) >= 11 is 0. The van der Waals surface area contributed by atoms with Crippen molar-refractivity contribution in [1.29, 1.82) is 0 Å². The second-order valence-corrected chi connectivity index (χ2v) is 7.79. The topological polar surface area (TPSA) is 49.4 Å². The van der Waals surface area contributed by atoms with Gasteiger partial charge in [-0.15, -0.1) is 0 Å². The Morgan fingerprint density at radius 3 is 2.55 bits per heavy atom. The molecule has 5 heteroatoms. The molecule has 20 heavy (non-hydrogen) atoms. The number of benzene rings is 1. The minimum absolute atomic E-state index is 0.0888. The van der Waals surface area contributed by atoms with Gasteiger partial charge in [-0.05, 0) is 56.0 Å². The molecule has 110 valence electrons. The highest BCUT2D eigenvalue weighted by Gasteiger charge is 2.46. The van der Waals surface area contributed by atoms with Crippen LogP contribution in [0.3, 0.4) is 0 Å². The van der Waals surface area contributed by atoms with E-state index in [9.17, 15) is 8.42 Å². The summed E-state index contributed by atoms with van der Waals surface area (Å²) in [4.78, 5) is 0.425. The normalized spacial score (nSPS) is 30.6. The predicted molar refractivity (Wildman–Crippen MR) is 79.0 cm³/mol. The Morgan fingerprint density at radius 2 is 1.95 bits per heavy atom. The average molecular weight is 294 g/mol. The fraction of sp³-hybridized carbons (Fsp3) is 0.600. The smallest absolute Gasteiger partial charge is 0.243 e. The quantitative estimate of drug-likeness (QED) is 0.918. The molecule has 4 nitrogen and oxygen atoms in total. The van der Waals surface area contributed by atoms with Crippen molar-refractivity contribution in [3.8, 4) is 0 Å². The minimum atomic E-state index is -3.35. The van der Waals surface area contributed by atoms with Gasteiger partial charge < -0.3 is 5.32 Å². The summed E-state index contributed by atoms with van der Waals surface area (Å²) in [5.74, 6) is 0.925. The maximum absolute atomic E-state index is 12.8. The van der Waals surface area contributed by atoms with Crippen LogP contribution in [0.2, 0.25) is 0 Å². The second kappa shape index (κ2) is 5.13. The molecule has 1 aromatic rings. The van der Waals surface area contributed by atoms with Crippen molar-refractivity contribution in [2.45, 2.75) is 31.2 Å². The molecule has 2 aliphatic heterocycles. The van der Waals surface area contributed by atoms with Gasteiger partial charge in [0.05, 0.1) is 4.90 Å². The van der Waals surface area contributed by atoms with Crippen LogP contribution in [0, 0.1) is 11.8 Å². The summed E-state index contributed by atoms with van der Waals surface area (Å²) in [6, 6.07) is 7.40. The fourth-order valence-corrected chi connectivity index (χ4v) is 5.21. The molecule has 2 aliphatic rings. The molecule has 1 N–H and O–H groups in total. The molecule has 3 unspecified atom stereocenters. The van der Waals surface area contributed by atoms with Crippen molar-refractivity contribution in [3.63, 3.8) is 0 Å². The van der Waals surface area contributed by atoms with Crippen molar-refractivity contribution in [2.24, 2.45) is 11.8 Å². The molecule has 0 radical (unpaired) electrons. The Bertz CT molecular complexity index is 582. The van der Waals surface area contributed by atoms with Crippen molar-refractivity contribution in [2.75, 3.05) is 19.6 Å². The number of nitrogens with one attached hydrogen (secondary N) is 1. The first kappa shape index (κ1) is 14.0. The summed E-state index contributed by atoms with van der Waals surface area (Å²) in [5.41, 5.74) is 1.17. The molecule has 0 amide bonds. The number of rotatable bonds is 3. The highest BCUT2D eigenvalue weighted by Crippen LogP contribution is 2.36. The van der Waals surface area contributed by atoms with E-state index in [-0.39, 0.29) is 6.04 Å². The molecule has 1 aromatic carbocycles. The van der Waals surface area contributed by atoms with Crippen molar-refractivity contribution < 1.29 is 8.42 Å². The number of hydrogen-bond acceptors (Lipinski definition) is 3. The number of nitrogens with zero attached hydrogens (tertiary/aromatic N) is 1. The number of aryl methyl sites for hydroxylation is 1. The van der Waals surface area contributed by atoms with Gasteiger partial charge in [-0.1, -0.05) is 19.1 Å². The van der Waals surface area contributed by atoms with Crippen molar-refractivity contribution >= 4 is 10.0 Å². The van der Waals surface area contributed by atoms with E-state index in [0.29, 0.717) is 23.3 Å². The highest BCUT2D eigenvalue weighted by atomic mass is 32.2. The lowest BCUT2D eigenvalue weighted by Gasteiger charge is -2.24. The minimum Gasteiger partial charge on any atom is -0.316 e. The summed E-state index contributed by atoms with van der Waals surface area (Å²) in [5, 5.41) is 3.36. The first-order chi connectivity index (χ1) is 9.54. The SMILES string of the molecule is CCc1ccc(S(=O)(=O)N2CC3CNCC3C2C)cc1. The zero-order valence-corrected chi connectivity index (χ0v) is 12.9. The summed E-state index contributed by atoms with van der Waals surface area (Å²) in [6.07, 6.45) is 0.927. The largest absolute Gasteiger partial charge is 0.316 e. The van der Waals surface area contributed by atoms with E-state index in [4.69, 9.17) is 0 Å². The highest BCUT2D eigenvalue weighted by molar-refractivity contribution is 7.89. The lowest BCUT2D eigenvalue weighted by Crippen LogP contribution is -2.38. The molecular weight excluding hydrogens is 272 g/mol. The lowest BCUT2D eigenvalue weighted by atomic mass is 9.95. The predicted octanol–water partition coefficient (Wildman–Crippen LogP) is 1.48. The maximum Gasteiger partial charge on any atom is 0.243 e. The van der Waals surface area contributed by atoms with Crippen LogP contribution in [0.25, 0.3) is 0 Å². The van der Waals surface area contributed by atoms with E-state index in [1.54, 1.807) is 16.4 Å². The standard InChI is InChI=1S/C15H22N2O2S/c1-3-12-4-6-14(7-5-12)20(18,19)17-10-13-8-16-9-15(13)11(17)2/h4-7,11,13,15-16H,3,8-10H2,1-2H3. The molecular formula is C15H22N2O2S. The van der Waals surface area contributed by atoms with E-state index < -0.39 is 10.0 Å². The molecule has 2 saturated heterocycles. The molecule has 0 bridgehead atoms. The molecule has 0 aromatic heterocycles. The Balaban J connectivity index is 1.88. The van der Waals surface area contributed by atoms with Gasteiger partial charge >= 0.3 is 0 Å². The monoisotopic (exact) mass is 294 g/mol. The third-order valence-electron chi connectivity index (χ3n) is 4.82. The van der Waals surface area contributed by atoms with Crippen molar-refractivity contribution in [3.05, 3.63) is 29.8 Å². The first-order valence-corrected chi connectivity index (χ1v) is 8.79. The average Bonchev–Trinajstić information content (AvgIpc) is 3.02. The zero-order chi connectivity index (χ0) is 14.3. The van der Waals surface area contributed by atoms with E-state index in [0.717, 1.165) is 19.5 Å². The molecule has 2 heterocycles. The molecule has 3 rings (SSSR count). The lowest BCUT2D eigenvalue weighted by molar-refractivity contribution is 0.360. The van der Waals surface area contributed by atoms with Gasteiger partial charge in [-0.2, -0.15) is 4.31 Å². The Morgan fingerprint density at radius 1 is 1.25 bits per heavy atom. The summed E-state index contributed by atoms with van der Waals surface area (Å²) in [7, 11) is -3.35. The summed E-state index contributed by atoms with van der Waals surface area (Å²) in [6.45, 7) is 6.63. The van der Waals surface area contributed by atoms with E-state index in [2.05, 4.69) is 12.2 Å². The van der Waals surface area contributed by atoms with Crippen molar-refractivity contribution in [1.82, 2.24) is 9.62 Å². The second-order valence-electron chi connectivity index (χ2n) is 5.90. The molecule has 3 atom stereocenters. The first-order valence-electron chi connectivity index (χ1n) is 7.35. The van der Waals surface area contributed by atoms with Crippen LogP contribution in [0.4, 0.5) is 0 Å². The van der Waals surface area contributed by atoms with Crippen LogP contribution < -0.4 is 5.32 Å². The number of hydrogen-bond donors (Lipinski definition) is 1. The van der Waals surface area contributed by atoms with Gasteiger partial charge in [-0.3, -0.25) is 0 Å². The van der Waals surface area contributed by atoms with E-state index in [1.165, 1.54) is 5.56 Å². The third-order valence-corrected chi connectivity index (χ3v) is 6.79. The number of fused-ring (bicyclic) bond motifs is 1. The zero-order valence-electron chi connectivity index (χ0n) is 12.0. The van der Waals surface area contributed by atoms with Gasteiger partial charge in [0, 0.05) is 12.6 Å². The molecule has 0 saturated carbocycles. The van der Waals surface area contributed by atoms with Gasteiger partial charge in [0.1, 0.15) is 0 Å². The van der Waals surface area contributed by atoms with E-state index >= 15 is 0 Å². The fourth-order valence-electron chi connectivity index (χ4n) is 3.48. The molecule has 0 spiro atoms. The number of sulfonamides is 1. The summed E-state index contributed by atoms with van der Waals surface area (Å²) < 4.78 is 27.3. The van der Waals surface area contributed by atoms with E-state index in [1.807, 2.05) is 19.1 Å². The molecule has 2 fully saturated rings. The molecule has 0 aliphatic carbocycles. The maximum atomic E-state index is 12.8. The van der Waals surface area contributed by atoms with Gasteiger partial charge in [0.15, 0.2) is 0 Å². The van der Waals surface area contributed by atoms with Crippen LogP contribution in [0.15, 0.2) is 29.2 Å². The van der Waals surface area contributed by atoms with Crippen LogP contribution in [-0.2, 0) is 16.4 Å².